The van der Waals surface area contributed by atoms with Gasteiger partial charge in [-0.15, -0.1) is 0 Å². The first-order chi connectivity index (χ1) is 12.2. The molecule has 26 heavy (non-hydrogen) atoms. The van der Waals surface area contributed by atoms with E-state index in [1.165, 1.54) is 26.2 Å². The molecule has 0 saturated carbocycles. The van der Waals surface area contributed by atoms with Gasteiger partial charge in [-0.05, 0) is 25.1 Å². The van der Waals surface area contributed by atoms with E-state index in [-0.39, 0.29) is 23.9 Å². The summed E-state index contributed by atoms with van der Waals surface area (Å²) in [5.74, 6) is -1.34. The van der Waals surface area contributed by atoms with Crippen LogP contribution in [0.25, 0.3) is 0 Å². The van der Waals surface area contributed by atoms with Gasteiger partial charge in [0, 0.05) is 0 Å². The second kappa shape index (κ2) is 7.89. The Morgan fingerprint density at radius 3 is 2.73 bits per heavy atom. The fourth-order valence-electron chi connectivity index (χ4n) is 1.90. The Morgan fingerprint density at radius 1 is 1.35 bits per heavy atom. The molecule has 0 aliphatic carbocycles. The number of ether oxygens (including phenoxy) is 2. The lowest BCUT2D eigenvalue weighted by Gasteiger charge is -2.09. The van der Waals surface area contributed by atoms with Gasteiger partial charge in [0.15, 0.2) is 12.3 Å². The molecule has 0 radical (unpaired) electrons. The van der Waals surface area contributed by atoms with Crippen LogP contribution in [-0.2, 0) is 22.3 Å². The van der Waals surface area contributed by atoms with Gasteiger partial charge in [0.2, 0.25) is 5.89 Å². The van der Waals surface area contributed by atoms with Gasteiger partial charge in [-0.2, -0.15) is 13.2 Å². The molecule has 1 atom stereocenters. The summed E-state index contributed by atoms with van der Waals surface area (Å²) < 4.78 is 52.6. The van der Waals surface area contributed by atoms with Gasteiger partial charge in [-0.25, -0.2) is 9.78 Å². The number of oxazole rings is 1. The molecule has 2 aromatic rings. The summed E-state index contributed by atoms with van der Waals surface area (Å²) in [5.41, 5.74) is -0.956. The second-order valence-electron chi connectivity index (χ2n) is 5.16. The van der Waals surface area contributed by atoms with Crippen LogP contribution in [0.3, 0.4) is 0 Å². The molecule has 0 fully saturated rings. The van der Waals surface area contributed by atoms with Crippen LogP contribution in [0, 0.1) is 0 Å². The van der Waals surface area contributed by atoms with Crippen LogP contribution in [0.15, 0.2) is 34.9 Å². The van der Waals surface area contributed by atoms with E-state index in [0.717, 1.165) is 18.4 Å². The maximum Gasteiger partial charge on any atom is 0.416 e. The molecule has 0 bridgehead atoms. The molecule has 1 aromatic carbocycles. The number of nitrogens with zero attached hydrogens (tertiary/aromatic N) is 1. The highest BCUT2D eigenvalue weighted by Gasteiger charge is 2.30. The van der Waals surface area contributed by atoms with Crippen molar-refractivity contribution in [1.29, 1.82) is 0 Å². The van der Waals surface area contributed by atoms with E-state index in [1.54, 1.807) is 0 Å². The molecule has 7 nitrogen and oxygen atoms in total. The number of benzene rings is 1. The normalized spacial score (nSPS) is 12.3. The number of aromatic nitrogens is 1. The van der Waals surface area contributed by atoms with Crippen LogP contribution < -0.4 is 10.1 Å². The molecule has 140 valence electrons. The fourth-order valence-corrected chi connectivity index (χ4v) is 1.90. The largest absolute Gasteiger partial charge is 0.484 e. The van der Waals surface area contributed by atoms with Gasteiger partial charge >= 0.3 is 12.1 Å². The van der Waals surface area contributed by atoms with Crippen LogP contribution in [0.5, 0.6) is 5.75 Å². The molecule has 0 saturated heterocycles. The number of halogens is 3. The highest BCUT2D eigenvalue weighted by Crippen LogP contribution is 2.31. The molecule has 1 amide bonds. The molecule has 0 aliphatic heterocycles. The molecule has 1 N–H and O–H groups in total. The second-order valence-corrected chi connectivity index (χ2v) is 5.16. The van der Waals surface area contributed by atoms with Gasteiger partial charge < -0.3 is 19.2 Å². The molecular weight excluding hydrogens is 357 g/mol. The van der Waals surface area contributed by atoms with Crippen LogP contribution in [0.2, 0.25) is 0 Å². The number of hydrogen-bond acceptors (Lipinski definition) is 6. The number of esters is 1. The zero-order valence-corrected chi connectivity index (χ0v) is 13.8. The number of hydrogen-bond donors (Lipinski definition) is 1. The molecule has 2 rings (SSSR count). The van der Waals surface area contributed by atoms with Gasteiger partial charge in [0.05, 0.1) is 12.7 Å². The lowest BCUT2D eigenvalue weighted by molar-refractivity contribution is -0.142. The van der Waals surface area contributed by atoms with Crippen molar-refractivity contribution in [1.82, 2.24) is 10.3 Å². The van der Waals surface area contributed by atoms with E-state index in [4.69, 9.17) is 9.15 Å². The highest BCUT2D eigenvalue weighted by atomic mass is 19.4. The third kappa shape index (κ3) is 4.98. The molecule has 1 heterocycles. The SMILES string of the molecule is COC(=O)[C@@H](C)NC(=O)c1coc(COc2cccc(C(F)(F)F)c2)n1. The molecule has 0 unspecified atom stereocenters. The fraction of sp³-hybridized carbons (Fsp3) is 0.312. The van der Waals surface area contributed by atoms with Gasteiger partial charge in [0.1, 0.15) is 18.1 Å². The Kier molecular flexibility index (Phi) is 5.86. The van der Waals surface area contributed by atoms with Crippen molar-refractivity contribution in [2.75, 3.05) is 7.11 Å². The molecule has 1 aromatic heterocycles. The van der Waals surface area contributed by atoms with E-state index < -0.39 is 29.7 Å². The molecule has 0 spiro atoms. The zero-order chi connectivity index (χ0) is 19.3. The Bertz CT molecular complexity index is 788. The minimum atomic E-state index is -4.48. The third-order valence-corrected chi connectivity index (χ3v) is 3.21. The smallest absolute Gasteiger partial charge is 0.416 e. The van der Waals surface area contributed by atoms with E-state index in [0.29, 0.717) is 0 Å². The average molecular weight is 372 g/mol. The van der Waals surface area contributed by atoms with Crippen molar-refractivity contribution in [3.63, 3.8) is 0 Å². The Balaban J connectivity index is 1.96. The Labute approximate surface area is 146 Å². The predicted molar refractivity (Wildman–Crippen MR) is 81.2 cm³/mol. The first-order valence-electron chi connectivity index (χ1n) is 7.34. The van der Waals surface area contributed by atoms with Gasteiger partial charge in [-0.3, -0.25) is 4.79 Å². The van der Waals surface area contributed by atoms with Crippen molar-refractivity contribution < 1.29 is 36.7 Å². The van der Waals surface area contributed by atoms with E-state index in [1.807, 2.05) is 0 Å². The lowest BCUT2D eigenvalue weighted by Crippen LogP contribution is -2.39. The van der Waals surface area contributed by atoms with Crippen LogP contribution in [0.4, 0.5) is 13.2 Å². The minimum absolute atomic E-state index is 0.0155. The van der Waals surface area contributed by atoms with E-state index >= 15 is 0 Å². The zero-order valence-electron chi connectivity index (χ0n) is 13.8. The quantitative estimate of drug-likeness (QED) is 0.784. The number of methoxy groups -OCH3 is 1. The summed E-state index contributed by atoms with van der Waals surface area (Å²) in [4.78, 5) is 27.0. The predicted octanol–water partition coefficient (Wildman–Crippen LogP) is 2.56. The van der Waals surface area contributed by atoms with Crippen LogP contribution >= 0.6 is 0 Å². The number of carbonyl (C=O) groups is 2. The summed E-state index contributed by atoms with van der Waals surface area (Å²) in [6.45, 7) is 1.16. The van der Waals surface area contributed by atoms with Crippen molar-refractivity contribution in [2.24, 2.45) is 0 Å². The Hall–Kier alpha value is -3.04. The third-order valence-electron chi connectivity index (χ3n) is 3.21. The summed E-state index contributed by atoms with van der Waals surface area (Å²) in [6, 6.07) is 3.44. The summed E-state index contributed by atoms with van der Waals surface area (Å²) in [5, 5.41) is 2.36. The highest BCUT2D eigenvalue weighted by molar-refractivity contribution is 5.94. The number of carbonyl (C=O) groups excluding carboxylic acids is 2. The molecular formula is C16H15F3N2O5. The van der Waals surface area contributed by atoms with Crippen molar-refractivity contribution in [3.05, 3.63) is 47.7 Å². The number of nitrogens with one attached hydrogen (secondary N) is 1. The number of rotatable bonds is 6. The number of amides is 1. The monoisotopic (exact) mass is 372 g/mol. The molecule has 0 aliphatic rings. The first kappa shape index (κ1) is 19.3. The number of alkyl halides is 3. The van der Waals surface area contributed by atoms with Crippen LogP contribution in [0.1, 0.15) is 28.9 Å². The van der Waals surface area contributed by atoms with Crippen molar-refractivity contribution in [3.8, 4) is 5.75 Å². The van der Waals surface area contributed by atoms with E-state index in [9.17, 15) is 22.8 Å². The maximum absolute atomic E-state index is 12.6. The summed E-state index contributed by atoms with van der Waals surface area (Å²) >= 11 is 0. The first-order valence-corrected chi connectivity index (χ1v) is 7.34. The lowest BCUT2D eigenvalue weighted by atomic mass is 10.2. The van der Waals surface area contributed by atoms with Crippen LogP contribution in [-0.4, -0.2) is 30.0 Å². The van der Waals surface area contributed by atoms with Gasteiger partial charge in [-0.1, -0.05) is 6.07 Å². The topological polar surface area (TPSA) is 90.7 Å². The Morgan fingerprint density at radius 2 is 2.08 bits per heavy atom. The molecule has 10 heteroatoms. The summed E-state index contributed by atoms with van der Waals surface area (Å²) in [7, 11) is 1.18. The summed E-state index contributed by atoms with van der Waals surface area (Å²) in [6.07, 6.45) is -3.44. The van der Waals surface area contributed by atoms with E-state index in [2.05, 4.69) is 15.0 Å². The van der Waals surface area contributed by atoms with Crippen molar-refractivity contribution in [2.45, 2.75) is 25.7 Å². The van der Waals surface area contributed by atoms with Crippen molar-refractivity contribution >= 4 is 11.9 Å². The maximum atomic E-state index is 12.6. The van der Waals surface area contributed by atoms with Gasteiger partial charge in [0.25, 0.3) is 5.91 Å². The average Bonchev–Trinajstić information content (AvgIpc) is 3.08. The standard InChI is InChI=1S/C16H15F3N2O5/c1-9(15(23)24-2)20-14(22)12-7-26-13(21-12)8-25-11-5-3-4-10(6-11)16(17,18)19/h3-7,9H,8H2,1-2H3,(H,20,22)/t9-/m1/s1. The minimum Gasteiger partial charge on any atom is -0.484 e.